The second kappa shape index (κ2) is 5.05. The quantitative estimate of drug-likeness (QED) is 0.638. The fourth-order valence-electron chi connectivity index (χ4n) is 2.20. The van der Waals surface area contributed by atoms with Crippen molar-refractivity contribution in [2.45, 2.75) is 32.2 Å². The number of rotatable bonds is 5. The monoisotopic (exact) mass is 245 g/mol. The van der Waals surface area contributed by atoms with Crippen molar-refractivity contribution in [1.82, 2.24) is 0 Å². The highest BCUT2D eigenvalue weighted by atomic mass is 16.6. The number of nitrogens with zero attached hydrogens (tertiary/aromatic N) is 2. The van der Waals surface area contributed by atoms with Gasteiger partial charge >= 0.3 is 0 Å². The molecule has 0 aliphatic heterocycles. The van der Waals surface area contributed by atoms with Crippen LogP contribution < -0.4 is 5.32 Å². The fourth-order valence-corrected chi connectivity index (χ4v) is 2.20. The van der Waals surface area contributed by atoms with Crippen LogP contribution in [0.25, 0.3) is 0 Å². The van der Waals surface area contributed by atoms with Crippen LogP contribution in [-0.2, 0) is 0 Å². The van der Waals surface area contributed by atoms with Gasteiger partial charge in [-0.3, -0.25) is 10.1 Å². The van der Waals surface area contributed by atoms with Crippen molar-refractivity contribution in [1.29, 1.82) is 5.26 Å². The number of anilines is 1. The summed E-state index contributed by atoms with van der Waals surface area (Å²) in [7, 11) is 0. The molecule has 2 unspecified atom stereocenters. The minimum Gasteiger partial charge on any atom is -0.382 e. The van der Waals surface area contributed by atoms with Gasteiger partial charge in [0.2, 0.25) is 0 Å². The molecule has 0 spiro atoms. The zero-order chi connectivity index (χ0) is 13.1. The summed E-state index contributed by atoms with van der Waals surface area (Å²) in [6, 6.07) is 6.93. The predicted molar refractivity (Wildman–Crippen MR) is 68.2 cm³/mol. The van der Waals surface area contributed by atoms with Crippen molar-refractivity contribution in [2.24, 2.45) is 5.92 Å². The van der Waals surface area contributed by atoms with Gasteiger partial charge in [0, 0.05) is 17.8 Å². The van der Waals surface area contributed by atoms with Crippen LogP contribution in [0.4, 0.5) is 11.4 Å². The Bertz CT molecular complexity index is 507. The van der Waals surface area contributed by atoms with E-state index in [2.05, 4.69) is 12.2 Å². The normalized spacial score (nSPS) is 21.1. The van der Waals surface area contributed by atoms with Gasteiger partial charge in [0.25, 0.3) is 5.69 Å². The maximum atomic E-state index is 10.8. The van der Waals surface area contributed by atoms with E-state index < -0.39 is 4.92 Å². The lowest BCUT2D eigenvalue weighted by atomic mass is 10.1. The molecule has 0 saturated heterocycles. The first kappa shape index (κ1) is 12.4. The number of hydrogen-bond acceptors (Lipinski definition) is 4. The Morgan fingerprint density at radius 3 is 3.00 bits per heavy atom. The number of benzene rings is 1. The molecule has 1 aromatic carbocycles. The molecule has 0 amide bonds. The van der Waals surface area contributed by atoms with Gasteiger partial charge in [-0.1, -0.05) is 13.3 Å². The van der Waals surface area contributed by atoms with E-state index in [-0.39, 0.29) is 11.3 Å². The van der Waals surface area contributed by atoms with Crippen molar-refractivity contribution in [3.8, 4) is 6.07 Å². The van der Waals surface area contributed by atoms with Gasteiger partial charge in [-0.25, -0.2) is 0 Å². The summed E-state index contributed by atoms with van der Waals surface area (Å²) in [6.45, 7) is 2.15. The number of nitro benzene ring substituents is 1. The third-order valence-electron chi connectivity index (χ3n) is 3.25. The van der Waals surface area contributed by atoms with Gasteiger partial charge in [-0.2, -0.15) is 5.26 Å². The largest absolute Gasteiger partial charge is 0.382 e. The summed E-state index contributed by atoms with van der Waals surface area (Å²) in [5.41, 5.74) is 0.700. The van der Waals surface area contributed by atoms with E-state index in [4.69, 9.17) is 5.26 Å². The van der Waals surface area contributed by atoms with Crippen molar-refractivity contribution in [3.63, 3.8) is 0 Å². The first-order valence-corrected chi connectivity index (χ1v) is 6.10. The molecule has 0 heterocycles. The summed E-state index contributed by atoms with van der Waals surface area (Å²) in [4.78, 5) is 10.3. The van der Waals surface area contributed by atoms with Gasteiger partial charge in [0.1, 0.15) is 11.6 Å². The minimum atomic E-state index is -0.514. The smallest absolute Gasteiger partial charge is 0.289 e. The van der Waals surface area contributed by atoms with Crippen LogP contribution in [0, 0.1) is 27.4 Å². The third kappa shape index (κ3) is 2.59. The van der Waals surface area contributed by atoms with E-state index >= 15 is 0 Å². The molecular weight excluding hydrogens is 230 g/mol. The molecule has 2 rings (SSSR count). The maximum absolute atomic E-state index is 10.8. The number of nitro groups is 1. The molecule has 1 aliphatic carbocycles. The number of hydrogen-bond donors (Lipinski definition) is 1. The van der Waals surface area contributed by atoms with E-state index in [9.17, 15) is 10.1 Å². The molecule has 94 valence electrons. The third-order valence-corrected chi connectivity index (χ3v) is 3.25. The lowest BCUT2D eigenvalue weighted by Gasteiger charge is -2.06. The molecule has 1 saturated carbocycles. The summed E-state index contributed by atoms with van der Waals surface area (Å²) in [5, 5.41) is 22.9. The Hall–Kier alpha value is -2.09. The molecule has 1 aromatic rings. The molecule has 1 N–H and O–H groups in total. The molecule has 18 heavy (non-hydrogen) atoms. The SMILES string of the molecule is CCCC1CC1Nc1ccc(C#N)c([N+](=O)[O-])c1. The topological polar surface area (TPSA) is 79.0 Å². The van der Waals surface area contributed by atoms with Crippen LogP contribution in [0.3, 0.4) is 0 Å². The highest BCUT2D eigenvalue weighted by Gasteiger charge is 2.36. The summed E-state index contributed by atoms with van der Waals surface area (Å²) >= 11 is 0. The van der Waals surface area contributed by atoms with Crippen LogP contribution in [-0.4, -0.2) is 11.0 Å². The van der Waals surface area contributed by atoms with Crippen LogP contribution in [0.1, 0.15) is 31.7 Å². The van der Waals surface area contributed by atoms with E-state index in [1.807, 2.05) is 6.07 Å². The minimum absolute atomic E-state index is 0.103. The highest BCUT2D eigenvalue weighted by Crippen LogP contribution is 2.37. The molecular formula is C13H15N3O2. The Kier molecular flexibility index (Phi) is 3.47. The van der Waals surface area contributed by atoms with Crippen LogP contribution >= 0.6 is 0 Å². The Labute approximate surface area is 106 Å². The van der Waals surface area contributed by atoms with Gasteiger partial charge in [0.15, 0.2) is 0 Å². The first-order valence-electron chi connectivity index (χ1n) is 6.10. The zero-order valence-corrected chi connectivity index (χ0v) is 10.2. The molecule has 0 aromatic heterocycles. The lowest BCUT2D eigenvalue weighted by molar-refractivity contribution is -0.385. The Morgan fingerprint density at radius 2 is 2.39 bits per heavy atom. The van der Waals surface area contributed by atoms with E-state index in [0.29, 0.717) is 12.0 Å². The van der Waals surface area contributed by atoms with Gasteiger partial charge in [-0.05, 0) is 30.9 Å². The Balaban J connectivity index is 2.09. The van der Waals surface area contributed by atoms with Crippen LogP contribution in [0.2, 0.25) is 0 Å². The Morgan fingerprint density at radius 1 is 1.61 bits per heavy atom. The molecule has 5 heteroatoms. The molecule has 1 fully saturated rings. The van der Waals surface area contributed by atoms with Crippen molar-refractivity contribution in [2.75, 3.05) is 5.32 Å². The maximum Gasteiger partial charge on any atom is 0.289 e. The van der Waals surface area contributed by atoms with Gasteiger partial charge in [0.05, 0.1) is 4.92 Å². The number of nitrogens with one attached hydrogen (secondary N) is 1. The predicted octanol–water partition coefficient (Wildman–Crippen LogP) is 3.07. The summed E-state index contributed by atoms with van der Waals surface area (Å²) in [5.74, 6) is 0.685. The van der Waals surface area contributed by atoms with E-state index in [0.717, 1.165) is 18.5 Å². The highest BCUT2D eigenvalue weighted by molar-refractivity contribution is 5.59. The second-order valence-electron chi connectivity index (χ2n) is 4.64. The lowest BCUT2D eigenvalue weighted by Crippen LogP contribution is -2.05. The average molecular weight is 245 g/mol. The first-order chi connectivity index (χ1) is 8.65. The molecule has 1 aliphatic rings. The summed E-state index contributed by atoms with van der Waals surface area (Å²) < 4.78 is 0. The molecule has 2 atom stereocenters. The van der Waals surface area contributed by atoms with Crippen LogP contribution in [0.15, 0.2) is 18.2 Å². The van der Waals surface area contributed by atoms with E-state index in [1.54, 1.807) is 6.07 Å². The zero-order valence-electron chi connectivity index (χ0n) is 10.2. The van der Waals surface area contributed by atoms with Gasteiger partial charge in [-0.15, -0.1) is 0 Å². The van der Waals surface area contributed by atoms with Crippen molar-refractivity contribution in [3.05, 3.63) is 33.9 Å². The fraction of sp³-hybridized carbons (Fsp3) is 0.462. The van der Waals surface area contributed by atoms with Crippen molar-refractivity contribution < 1.29 is 4.92 Å². The average Bonchev–Trinajstić information content (AvgIpc) is 3.07. The molecule has 0 radical (unpaired) electrons. The summed E-state index contributed by atoms with van der Waals surface area (Å²) in [6.07, 6.45) is 3.48. The standard InChI is InChI=1S/C13H15N3O2/c1-2-3-9-6-12(9)15-11-5-4-10(8-14)13(7-11)16(17)18/h4-5,7,9,12,15H,2-3,6H2,1H3. The molecule has 0 bridgehead atoms. The molecule has 5 nitrogen and oxygen atoms in total. The van der Waals surface area contributed by atoms with Crippen molar-refractivity contribution >= 4 is 11.4 Å². The van der Waals surface area contributed by atoms with E-state index in [1.165, 1.54) is 18.6 Å². The number of nitriles is 1. The van der Waals surface area contributed by atoms with Crippen LogP contribution in [0.5, 0.6) is 0 Å². The second-order valence-corrected chi connectivity index (χ2v) is 4.64. The van der Waals surface area contributed by atoms with Gasteiger partial charge < -0.3 is 5.32 Å².